The number of aliphatic hydroxyl groups is 1. The second kappa shape index (κ2) is 7.51. The van der Waals surface area contributed by atoms with E-state index in [0.717, 1.165) is 10.0 Å². The van der Waals surface area contributed by atoms with Gasteiger partial charge in [0.15, 0.2) is 0 Å². The van der Waals surface area contributed by atoms with Crippen molar-refractivity contribution < 1.29 is 14.6 Å². The fraction of sp³-hybridized carbons (Fsp3) is 0.462. The zero-order valence-corrected chi connectivity index (χ0v) is 12.1. The minimum Gasteiger partial charge on any atom is -0.389 e. The number of carbonyl (C=O) groups is 1. The molecule has 18 heavy (non-hydrogen) atoms. The first kappa shape index (κ1) is 15.1. The van der Waals surface area contributed by atoms with Crippen LogP contribution in [0.25, 0.3) is 0 Å². The van der Waals surface area contributed by atoms with Crippen LogP contribution in [0.1, 0.15) is 18.4 Å². The van der Waals surface area contributed by atoms with E-state index >= 15 is 0 Å². The van der Waals surface area contributed by atoms with Crippen molar-refractivity contribution in [3.8, 4) is 0 Å². The summed E-state index contributed by atoms with van der Waals surface area (Å²) in [6.07, 6.45) is -0.670. The van der Waals surface area contributed by atoms with Gasteiger partial charge < -0.3 is 15.2 Å². The normalized spacial score (nSPS) is 14.0. The Morgan fingerprint density at radius 1 is 1.44 bits per heavy atom. The van der Waals surface area contributed by atoms with Gasteiger partial charge in [-0.1, -0.05) is 28.1 Å². The van der Waals surface area contributed by atoms with E-state index in [-0.39, 0.29) is 25.0 Å². The Morgan fingerprint density at radius 2 is 2.06 bits per heavy atom. The van der Waals surface area contributed by atoms with Crippen LogP contribution in [0.4, 0.5) is 0 Å². The Labute approximate surface area is 115 Å². The lowest BCUT2D eigenvalue weighted by Gasteiger charge is -2.15. The van der Waals surface area contributed by atoms with Gasteiger partial charge in [0.25, 0.3) is 0 Å². The van der Waals surface area contributed by atoms with Crippen LogP contribution in [0.2, 0.25) is 0 Å². The van der Waals surface area contributed by atoms with Gasteiger partial charge in [-0.15, -0.1) is 0 Å². The molecule has 0 heterocycles. The average Bonchev–Trinajstić information content (AvgIpc) is 2.36. The number of amides is 1. The van der Waals surface area contributed by atoms with Gasteiger partial charge in [0.05, 0.1) is 18.6 Å². The molecule has 0 spiro atoms. The molecule has 0 aliphatic carbocycles. The van der Waals surface area contributed by atoms with Gasteiger partial charge in [-0.05, 0) is 24.6 Å². The molecule has 0 aliphatic rings. The van der Waals surface area contributed by atoms with E-state index in [2.05, 4.69) is 21.2 Å². The first-order valence-corrected chi connectivity index (χ1v) is 6.54. The van der Waals surface area contributed by atoms with Crippen molar-refractivity contribution in [3.63, 3.8) is 0 Å². The van der Waals surface area contributed by atoms with Gasteiger partial charge in [-0.25, -0.2) is 0 Å². The zero-order chi connectivity index (χ0) is 13.5. The zero-order valence-electron chi connectivity index (χ0n) is 10.5. The first-order chi connectivity index (χ1) is 8.54. The molecule has 0 fully saturated rings. The fourth-order valence-electron chi connectivity index (χ4n) is 1.53. The van der Waals surface area contributed by atoms with Crippen LogP contribution in [0.5, 0.6) is 0 Å². The maximum absolute atomic E-state index is 11.9. The number of hydrogen-bond acceptors (Lipinski definition) is 3. The summed E-state index contributed by atoms with van der Waals surface area (Å²) < 4.78 is 5.77. The lowest BCUT2D eigenvalue weighted by Crippen LogP contribution is -2.36. The van der Waals surface area contributed by atoms with E-state index in [0.29, 0.717) is 0 Å². The first-order valence-electron chi connectivity index (χ1n) is 5.74. The van der Waals surface area contributed by atoms with Crippen molar-refractivity contribution in [2.75, 3.05) is 20.3 Å². The summed E-state index contributed by atoms with van der Waals surface area (Å²) in [5.74, 6) is -0.347. The number of benzene rings is 1. The topological polar surface area (TPSA) is 58.6 Å². The molecule has 0 aliphatic heterocycles. The summed E-state index contributed by atoms with van der Waals surface area (Å²) in [6.45, 7) is 2.25. The van der Waals surface area contributed by atoms with Crippen molar-refractivity contribution in [3.05, 3.63) is 34.3 Å². The molecule has 0 aromatic heterocycles. The third-order valence-electron chi connectivity index (χ3n) is 2.63. The monoisotopic (exact) mass is 315 g/mol. The molecule has 0 saturated heterocycles. The Morgan fingerprint density at radius 3 is 2.61 bits per heavy atom. The van der Waals surface area contributed by atoms with Gasteiger partial charge in [-0.3, -0.25) is 4.79 Å². The largest absolute Gasteiger partial charge is 0.389 e. The highest BCUT2D eigenvalue weighted by Gasteiger charge is 2.15. The number of methoxy groups -OCH3 is 1. The Hall–Kier alpha value is -0.910. The van der Waals surface area contributed by atoms with Crippen molar-refractivity contribution in [2.45, 2.75) is 18.9 Å². The summed E-state index contributed by atoms with van der Waals surface area (Å²) >= 11 is 3.35. The van der Waals surface area contributed by atoms with Crippen LogP contribution < -0.4 is 5.32 Å². The highest BCUT2D eigenvalue weighted by molar-refractivity contribution is 9.10. The van der Waals surface area contributed by atoms with Crippen molar-refractivity contribution >= 4 is 21.8 Å². The number of carbonyl (C=O) groups excluding carboxylic acids is 1. The standard InChI is InChI=1S/C13H18BrNO3/c1-9(10-3-5-11(14)6-4-10)13(17)15-7-12(16)8-18-2/h3-6,9,12,16H,7-8H2,1-2H3,(H,15,17)/t9-,12+/m1/s1. The molecular formula is C13H18BrNO3. The molecule has 1 aromatic carbocycles. The molecule has 2 atom stereocenters. The van der Waals surface area contributed by atoms with Crippen molar-refractivity contribution in [1.29, 1.82) is 0 Å². The third kappa shape index (κ3) is 4.76. The SMILES string of the molecule is COC[C@@H](O)CNC(=O)[C@H](C)c1ccc(Br)cc1. The lowest BCUT2D eigenvalue weighted by atomic mass is 10.0. The number of nitrogens with one attached hydrogen (secondary N) is 1. The second-order valence-corrected chi connectivity index (χ2v) is 5.04. The van der Waals surface area contributed by atoms with E-state index in [1.54, 1.807) is 0 Å². The van der Waals surface area contributed by atoms with E-state index in [4.69, 9.17) is 4.74 Å². The average molecular weight is 316 g/mol. The number of rotatable bonds is 6. The highest BCUT2D eigenvalue weighted by atomic mass is 79.9. The summed E-state index contributed by atoms with van der Waals surface area (Å²) in [4.78, 5) is 11.9. The molecule has 0 saturated carbocycles. The summed E-state index contributed by atoms with van der Waals surface area (Å²) in [7, 11) is 1.51. The minimum atomic E-state index is -0.670. The van der Waals surface area contributed by atoms with Gasteiger partial charge in [0.2, 0.25) is 5.91 Å². The van der Waals surface area contributed by atoms with Gasteiger partial charge >= 0.3 is 0 Å². The molecule has 1 rings (SSSR count). The lowest BCUT2D eigenvalue weighted by molar-refractivity contribution is -0.122. The number of ether oxygens (including phenoxy) is 1. The van der Waals surface area contributed by atoms with E-state index in [1.165, 1.54) is 7.11 Å². The predicted octanol–water partition coefficient (Wildman–Crippen LogP) is 1.68. The maximum atomic E-state index is 11.9. The summed E-state index contributed by atoms with van der Waals surface area (Å²) in [5.41, 5.74) is 0.942. The smallest absolute Gasteiger partial charge is 0.227 e. The molecule has 2 N–H and O–H groups in total. The van der Waals surface area contributed by atoms with Gasteiger partial charge in [0.1, 0.15) is 0 Å². The van der Waals surface area contributed by atoms with E-state index in [1.807, 2.05) is 31.2 Å². The number of aliphatic hydroxyl groups excluding tert-OH is 1. The van der Waals surface area contributed by atoms with Crippen LogP contribution in [0, 0.1) is 0 Å². The van der Waals surface area contributed by atoms with Gasteiger partial charge in [-0.2, -0.15) is 0 Å². The van der Waals surface area contributed by atoms with Crippen LogP contribution in [-0.2, 0) is 9.53 Å². The Balaban J connectivity index is 2.48. The number of halogens is 1. The molecule has 4 nitrogen and oxygen atoms in total. The highest BCUT2D eigenvalue weighted by Crippen LogP contribution is 2.18. The van der Waals surface area contributed by atoms with Crippen LogP contribution in [0.15, 0.2) is 28.7 Å². The maximum Gasteiger partial charge on any atom is 0.227 e. The molecule has 0 bridgehead atoms. The summed E-state index contributed by atoms with van der Waals surface area (Å²) in [5, 5.41) is 12.1. The minimum absolute atomic E-state index is 0.104. The fourth-order valence-corrected chi connectivity index (χ4v) is 1.79. The molecule has 1 aromatic rings. The predicted molar refractivity (Wildman–Crippen MR) is 73.4 cm³/mol. The van der Waals surface area contributed by atoms with Crippen molar-refractivity contribution in [1.82, 2.24) is 5.32 Å². The molecule has 0 unspecified atom stereocenters. The third-order valence-corrected chi connectivity index (χ3v) is 3.16. The molecule has 5 heteroatoms. The molecule has 0 radical (unpaired) electrons. The molecule has 100 valence electrons. The van der Waals surface area contributed by atoms with Crippen molar-refractivity contribution in [2.24, 2.45) is 0 Å². The Kier molecular flexibility index (Phi) is 6.32. The van der Waals surface area contributed by atoms with Gasteiger partial charge in [0, 0.05) is 18.1 Å². The van der Waals surface area contributed by atoms with E-state index < -0.39 is 6.10 Å². The molecular weight excluding hydrogens is 298 g/mol. The van der Waals surface area contributed by atoms with Crippen LogP contribution >= 0.6 is 15.9 Å². The molecule has 1 amide bonds. The second-order valence-electron chi connectivity index (χ2n) is 4.13. The quantitative estimate of drug-likeness (QED) is 0.839. The number of hydrogen-bond donors (Lipinski definition) is 2. The van der Waals surface area contributed by atoms with E-state index in [9.17, 15) is 9.90 Å². The summed E-state index contributed by atoms with van der Waals surface area (Å²) in [6, 6.07) is 7.61. The Bertz CT molecular complexity index is 380. The van der Waals surface area contributed by atoms with Crippen LogP contribution in [-0.4, -0.2) is 37.4 Å². The van der Waals surface area contributed by atoms with Crippen LogP contribution in [0.3, 0.4) is 0 Å².